The standard InChI is InChI=1S/C16H17Cl2N3O3/c17-14-2-1-3-15(18)13(14)10-24-11-6-19-16(20-7-11)21-4-5-23-12(8-21)9-22/h1-3,6-7,12,22H,4-5,8-10H2/t12-/m0/s1. The van der Waals surface area contributed by atoms with Crippen molar-refractivity contribution in [3.63, 3.8) is 0 Å². The van der Waals surface area contributed by atoms with E-state index >= 15 is 0 Å². The van der Waals surface area contributed by atoms with Gasteiger partial charge in [0.1, 0.15) is 6.61 Å². The molecule has 6 nitrogen and oxygen atoms in total. The molecule has 1 aliphatic heterocycles. The molecule has 1 saturated heterocycles. The zero-order chi connectivity index (χ0) is 16.9. The van der Waals surface area contributed by atoms with Crippen LogP contribution in [0.1, 0.15) is 5.56 Å². The average molecular weight is 370 g/mol. The number of halogens is 2. The summed E-state index contributed by atoms with van der Waals surface area (Å²) in [6.07, 6.45) is 3.01. The topological polar surface area (TPSA) is 67.7 Å². The summed E-state index contributed by atoms with van der Waals surface area (Å²) in [5.74, 6) is 1.11. The maximum atomic E-state index is 9.19. The van der Waals surface area contributed by atoms with E-state index in [-0.39, 0.29) is 19.3 Å². The number of hydrogen-bond acceptors (Lipinski definition) is 6. The number of aromatic nitrogens is 2. The normalized spacial score (nSPS) is 17.8. The van der Waals surface area contributed by atoms with Gasteiger partial charge in [-0.05, 0) is 12.1 Å². The van der Waals surface area contributed by atoms with Gasteiger partial charge in [0.25, 0.3) is 0 Å². The lowest BCUT2D eigenvalue weighted by molar-refractivity contribution is 0.00313. The van der Waals surface area contributed by atoms with Crippen LogP contribution >= 0.6 is 23.2 Å². The first-order valence-electron chi connectivity index (χ1n) is 7.52. The summed E-state index contributed by atoms with van der Waals surface area (Å²) in [5, 5.41) is 10.3. The Bertz CT molecular complexity index is 665. The highest BCUT2D eigenvalue weighted by molar-refractivity contribution is 6.35. The van der Waals surface area contributed by atoms with Gasteiger partial charge < -0.3 is 19.5 Å². The number of benzene rings is 1. The third kappa shape index (κ3) is 4.08. The Balaban J connectivity index is 1.62. The molecule has 2 aromatic rings. The van der Waals surface area contributed by atoms with Crippen LogP contribution in [0.5, 0.6) is 5.75 Å². The van der Waals surface area contributed by atoms with Crippen LogP contribution in [0.3, 0.4) is 0 Å². The molecule has 2 heterocycles. The second-order valence-electron chi connectivity index (χ2n) is 5.33. The van der Waals surface area contributed by atoms with Crippen molar-refractivity contribution in [1.29, 1.82) is 0 Å². The molecule has 0 bridgehead atoms. The van der Waals surface area contributed by atoms with E-state index in [4.69, 9.17) is 32.7 Å². The molecule has 1 atom stereocenters. The Kier molecular flexibility index (Phi) is 5.73. The van der Waals surface area contributed by atoms with Crippen LogP contribution in [-0.2, 0) is 11.3 Å². The molecule has 0 radical (unpaired) electrons. The van der Waals surface area contributed by atoms with Gasteiger partial charge in [-0.2, -0.15) is 0 Å². The fourth-order valence-corrected chi connectivity index (χ4v) is 2.89. The highest BCUT2D eigenvalue weighted by Crippen LogP contribution is 2.25. The maximum absolute atomic E-state index is 9.19. The van der Waals surface area contributed by atoms with Gasteiger partial charge in [-0.1, -0.05) is 29.3 Å². The Labute approximate surface area is 149 Å². The van der Waals surface area contributed by atoms with Crippen LogP contribution in [-0.4, -0.2) is 47.5 Å². The van der Waals surface area contributed by atoms with Crippen molar-refractivity contribution in [2.24, 2.45) is 0 Å². The smallest absolute Gasteiger partial charge is 0.225 e. The number of anilines is 1. The Morgan fingerprint density at radius 2 is 1.96 bits per heavy atom. The van der Waals surface area contributed by atoms with E-state index < -0.39 is 0 Å². The highest BCUT2D eigenvalue weighted by atomic mass is 35.5. The number of rotatable bonds is 5. The Hall–Kier alpha value is -1.60. The van der Waals surface area contributed by atoms with E-state index in [1.807, 2.05) is 4.90 Å². The van der Waals surface area contributed by atoms with Gasteiger partial charge in [0.2, 0.25) is 5.95 Å². The third-order valence-electron chi connectivity index (χ3n) is 3.68. The van der Waals surface area contributed by atoms with Crippen molar-refractivity contribution in [2.45, 2.75) is 12.7 Å². The molecule has 0 aliphatic carbocycles. The molecule has 128 valence electrons. The van der Waals surface area contributed by atoms with Crippen molar-refractivity contribution in [3.05, 3.63) is 46.2 Å². The molecule has 0 saturated carbocycles. The molecule has 8 heteroatoms. The quantitative estimate of drug-likeness (QED) is 0.873. The van der Waals surface area contributed by atoms with E-state index in [1.165, 1.54) is 0 Å². The SMILES string of the molecule is OC[C@@H]1CN(c2ncc(OCc3c(Cl)cccc3Cl)cn2)CCO1. The van der Waals surface area contributed by atoms with Gasteiger partial charge in [-0.25, -0.2) is 9.97 Å². The van der Waals surface area contributed by atoms with Gasteiger partial charge >= 0.3 is 0 Å². The molecule has 0 amide bonds. The Morgan fingerprint density at radius 1 is 1.25 bits per heavy atom. The summed E-state index contributed by atoms with van der Waals surface area (Å²) in [5.41, 5.74) is 0.726. The van der Waals surface area contributed by atoms with E-state index in [9.17, 15) is 5.11 Å². The monoisotopic (exact) mass is 369 g/mol. The molecule has 1 aliphatic rings. The van der Waals surface area contributed by atoms with E-state index in [2.05, 4.69) is 9.97 Å². The van der Waals surface area contributed by atoms with Crippen LogP contribution in [0.4, 0.5) is 5.95 Å². The second-order valence-corrected chi connectivity index (χ2v) is 6.14. The van der Waals surface area contributed by atoms with Gasteiger partial charge in [0, 0.05) is 28.7 Å². The molecule has 3 rings (SSSR count). The van der Waals surface area contributed by atoms with Crippen molar-refractivity contribution in [2.75, 3.05) is 31.2 Å². The van der Waals surface area contributed by atoms with Crippen LogP contribution in [0.25, 0.3) is 0 Å². The predicted molar refractivity (Wildman–Crippen MR) is 91.9 cm³/mol. The predicted octanol–water partition coefficient (Wildman–Crippen LogP) is 2.56. The van der Waals surface area contributed by atoms with Crippen molar-refractivity contribution < 1.29 is 14.6 Å². The summed E-state index contributed by atoms with van der Waals surface area (Å²) >= 11 is 12.2. The summed E-state index contributed by atoms with van der Waals surface area (Å²) in [6, 6.07) is 5.32. The zero-order valence-electron chi connectivity index (χ0n) is 12.9. The lowest BCUT2D eigenvalue weighted by Crippen LogP contribution is -2.44. The van der Waals surface area contributed by atoms with Crippen molar-refractivity contribution in [1.82, 2.24) is 9.97 Å². The molecular formula is C16H17Cl2N3O3. The molecule has 1 aromatic carbocycles. The summed E-state index contributed by atoms with van der Waals surface area (Å²) in [7, 11) is 0. The minimum absolute atomic E-state index is 0.0176. The Morgan fingerprint density at radius 3 is 2.62 bits per heavy atom. The zero-order valence-corrected chi connectivity index (χ0v) is 14.4. The number of morpholine rings is 1. The number of hydrogen-bond donors (Lipinski definition) is 1. The minimum atomic E-state index is -0.208. The number of ether oxygens (including phenoxy) is 2. The van der Waals surface area contributed by atoms with E-state index in [0.29, 0.717) is 41.4 Å². The minimum Gasteiger partial charge on any atom is -0.486 e. The average Bonchev–Trinajstić information content (AvgIpc) is 2.62. The van der Waals surface area contributed by atoms with E-state index in [0.717, 1.165) is 5.56 Å². The third-order valence-corrected chi connectivity index (χ3v) is 4.39. The van der Waals surface area contributed by atoms with Crippen molar-refractivity contribution >= 4 is 29.2 Å². The molecule has 24 heavy (non-hydrogen) atoms. The van der Waals surface area contributed by atoms with Crippen LogP contribution < -0.4 is 9.64 Å². The number of aliphatic hydroxyl groups is 1. The number of aliphatic hydroxyl groups excluding tert-OH is 1. The first kappa shape index (κ1) is 17.2. The summed E-state index contributed by atoms with van der Waals surface area (Å²) < 4.78 is 11.1. The molecule has 1 aromatic heterocycles. The summed E-state index contributed by atoms with van der Waals surface area (Å²) in [4.78, 5) is 10.6. The van der Waals surface area contributed by atoms with Crippen LogP contribution in [0, 0.1) is 0 Å². The number of nitrogens with zero attached hydrogens (tertiary/aromatic N) is 3. The van der Waals surface area contributed by atoms with Crippen molar-refractivity contribution in [3.8, 4) is 5.75 Å². The largest absolute Gasteiger partial charge is 0.486 e. The molecule has 0 spiro atoms. The molecular weight excluding hydrogens is 353 g/mol. The van der Waals surface area contributed by atoms with Gasteiger partial charge in [-0.3, -0.25) is 0 Å². The van der Waals surface area contributed by atoms with Gasteiger partial charge in [-0.15, -0.1) is 0 Å². The molecule has 1 N–H and O–H groups in total. The summed E-state index contributed by atoms with van der Waals surface area (Å²) in [6.45, 7) is 2.01. The fourth-order valence-electron chi connectivity index (χ4n) is 2.38. The fraction of sp³-hybridized carbons (Fsp3) is 0.375. The van der Waals surface area contributed by atoms with Gasteiger partial charge in [0.15, 0.2) is 5.75 Å². The van der Waals surface area contributed by atoms with Crippen LogP contribution in [0.2, 0.25) is 10.0 Å². The lowest BCUT2D eigenvalue weighted by atomic mass is 10.2. The second kappa shape index (κ2) is 7.98. The van der Waals surface area contributed by atoms with Gasteiger partial charge in [0.05, 0.1) is 31.7 Å². The first-order chi connectivity index (χ1) is 11.7. The first-order valence-corrected chi connectivity index (χ1v) is 8.28. The lowest BCUT2D eigenvalue weighted by Gasteiger charge is -2.31. The van der Waals surface area contributed by atoms with E-state index in [1.54, 1.807) is 30.6 Å². The molecule has 0 unspecified atom stereocenters. The molecule has 1 fully saturated rings. The van der Waals surface area contributed by atoms with Crippen LogP contribution in [0.15, 0.2) is 30.6 Å². The highest BCUT2D eigenvalue weighted by Gasteiger charge is 2.21. The maximum Gasteiger partial charge on any atom is 0.225 e.